The molecule has 62 heavy (non-hydrogen) atoms. The second-order valence-electron chi connectivity index (χ2n) is 15.4. The maximum atomic E-state index is 6.56. The summed E-state index contributed by atoms with van der Waals surface area (Å²) >= 11 is 0. The van der Waals surface area contributed by atoms with Crippen LogP contribution in [0.4, 0.5) is 0 Å². The van der Waals surface area contributed by atoms with Crippen molar-refractivity contribution < 1.29 is 13.3 Å². The quantitative estimate of drug-likeness (QED) is 0.167. The van der Waals surface area contributed by atoms with E-state index in [1.807, 2.05) is 91.9 Å². The van der Waals surface area contributed by atoms with Crippen molar-refractivity contribution in [3.63, 3.8) is 0 Å². The molecule has 6 nitrogen and oxygen atoms in total. The summed E-state index contributed by atoms with van der Waals surface area (Å²) in [7, 11) is 0. The molecule has 292 valence electrons. The van der Waals surface area contributed by atoms with Crippen LogP contribution in [-0.2, 0) is 0 Å². The summed E-state index contributed by atoms with van der Waals surface area (Å²) in [6.07, 6.45) is 8.22. The Kier molecular flexibility index (Phi) is 8.28. The number of rotatable bonds is 6. The van der Waals surface area contributed by atoms with Crippen LogP contribution in [0, 0.1) is 0 Å². The summed E-state index contributed by atoms with van der Waals surface area (Å²) in [6, 6.07) is 58.0. The molecule has 0 amide bonds. The highest BCUT2D eigenvalue weighted by Gasteiger charge is 2.22. The zero-order valence-corrected chi connectivity index (χ0v) is 33.5. The van der Waals surface area contributed by atoms with Crippen molar-refractivity contribution in [2.24, 2.45) is 0 Å². The van der Waals surface area contributed by atoms with Crippen LogP contribution in [0.1, 0.15) is 12.5 Å². The molecule has 0 aliphatic carbocycles. The van der Waals surface area contributed by atoms with Crippen molar-refractivity contribution in [3.8, 4) is 45.3 Å². The zero-order chi connectivity index (χ0) is 41.1. The molecule has 12 rings (SSSR count). The van der Waals surface area contributed by atoms with Crippen LogP contribution in [-0.4, -0.2) is 15.0 Å². The monoisotopic (exact) mass is 797 g/mol. The third-order valence-corrected chi connectivity index (χ3v) is 11.8. The summed E-state index contributed by atoms with van der Waals surface area (Å²) in [5.41, 5.74) is 10.3. The maximum Gasteiger partial charge on any atom is 0.167 e. The first-order chi connectivity index (χ1) is 30.7. The minimum atomic E-state index is 0.505. The van der Waals surface area contributed by atoms with E-state index in [0.29, 0.717) is 17.5 Å². The largest absolute Gasteiger partial charge is 0.456 e. The standard InChI is InChI=1S/C56H35N3O3/c1-2-40-41-16-5-8-21-47(41)60-46(40)24-11-15-36-31-32-50-52(44-18-7-10-23-49(44)61-50)51(36)56-58-54(37-28-25-35(26-29-37)39-30-27-34-13-3-4-14-38(34)33-39)57-55(59-56)45-20-12-19-43-42-17-6-9-22-48(42)62-53(43)45/h2-33H,1H3/b15-11+,40-2-,46-24+. The van der Waals surface area contributed by atoms with Gasteiger partial charge in [0.05, 0.1) is 5.56 Å². The van der Waals surface area contributed by atoms with Crippen molar-refractivity contribution in [1.82, 2.24) is 15.0 Å². The number of hydrogen-bond donors (Lipinski definition) is 0. The van der Waals surface area contributed by atoms with Crippen molar-refractivity contribution in [2.75, 3.05) is 0 Å². The lowest BCUT2D eigenvalue weighted by Gasteiger charge is -2.12. The Morgan fingerprint density at radius 3 is 1.92 bits per heavy atom. The van der Waals surface area contributed by atoms with E-state index >= 15 is 0 Å². The van der Waals surface area contributed by atoms with Crippen LogP contribution in [0.25, 0.3) is 129 Å². The molecule has 0 radical (unpaired) electrons. The van der Waals surface area contributed by atoms with Gasteiger partial charge in [0.15, 0.2) is 17.5 Å². The lowest BCUT2D eigenvalue weighted by atomic mass is 9.98. The fourth-order valence-corrected chi connectivity index (χ4v) is 8.80. The number of allylic oxidation sites excluding steroid dienone is 1. The first-order valence-corrected chi connectivity index (χ1v) is 20.7. The van der Waals surface area contributed by atoms with Gasteiger partial charge < -0.3 is 13.3 Å². The molecule has 0 spiro atoms. The van der Waals surface area contributed by atoms with E-state index in [1.54, 1.807) is 0 Å². The highest BCUT2D eigenvalue weighted by atomic mass is 16.3. The summed E-state index contributed by atoms with van der Waals surface area (Å²) in [6.45, 7) is 2.03. The van der Waals surface area contributed by atoms with Crippen LogP contribution in [0.5, 0.6) is 0 Å². The molecule has 0 N–H and O–H groups in total. The number of para-hydroxylation sites is 4. The Hall–Kier alpha value is -8.35. The Bertz CT molecular complexity index is 3890. The molecular weight excluding hydrogens is 763 g/mol. The minimum Gasteiger partial charge on any atom is -0.456 e. The zero-order valence-electron chi connectivity index (χ0n) is 33.5. The fraction of sp³-hybridized carbons (Fsp3) is 0.0179. The van der Waals surface area contributed by atoms with Gasteiger partial charge in [-0.3, -0.25) is 0 Å². The molecule has 0 atom stereocenters. The fourth-order valence-electron chi connectivity index (χ4n) is 8.80. The SMILES string of the molecule is C\C=c1/c(=C\C=C\c2ccc3oc4ccccc4c3c2-c2nc(-c3ccc(-c4ccc5ccccc5c4)cc3)nc(-c3cccc4c3oc3ccccc34)n2)oc2ccccc12. The number of fused-ring (bicyclic) bond motifs is 8. The van der Waals surface area contributed by atoms with E-state index in [2.05, 4.69) is 109 Å². The van der Waals surface area contributed by atoms with Crippen LogP contribution < -0.4 is 10.6 Å². The van der Waals surface area contributed by atoms with Crippen molar-refractivity contribution >= 4 is 83.8 Å². The van der Waals surface area contributed by atoms with E-state index in [1.165, 1.54) is 10.8 Å². The second kappa shape index (κ2) is 14.4. The van der Waals surface area contributed by atoms with Crippen molar-refractivity contribution in [3.05, 3.63) is 192 Å². The number of aromatic nitrogens is 3. The van der Waals surface area contributed by atoms with Crippen LogP contribution in [0.3, 0.4) is 0 Å². The summed E-state index contributed by atoms with van der Waals surface area (Å²) < 4.78 is 19.3. The third kappa shape index (κ3) is 5.92. The summed E-state index contributed by atoms with van der Waals surface area (Å²) in [5.74, 6) is 1.56. The molecule has 4 aromatic heterocycles. The summed E-state index contributed by atoms with van der Waals surface area (Å²) in [5, 5.41) is 8.48. The molecule has 0 fully saturated rings. The average Bonchev–Trinajstić information content (AvgIpc) is 4.02. The van der Waals surface area contributed by atoms with Gasteiger partial charge in [-0.05, 0) is 76.9 Å². The third-order valence-electron chi connectivity index (χ3n) is 11.8. The first-order valence-electron chi connectivity index (χ1n) is 20.7. The van der Waals surface area contributed by atoms with Gasteiger partial charge in [0.25, 0.3) is 0 Å². The highest BCUT2D eigenvalue weighted by molar-refractivity contribution is 6.14. The molecule has 0 saturated heterocycles. The molecule has 6 heteroatoms. The molecule has 0 saturated carbocycles. The van der Waals surface area contributed by atoms with E-state index in [0.717, 1.165) is 98.9 Å². The second-order valence-corrected chi connectivity index (χ2v) is 15.4. The smallest absolute Gasteiger partial charge is 0.167 e. The Balaban J connectivity index is 1.08. The molecular formula is C56H35N3O3. The van der Waals surface area contributed by atoms with Gasteiger partial charge in [-0.1, -0.05) is 152 Å². The molecule has 0 unspecified atom stereocenters. The van der Waals surface area contributed by atoms with Gasteiger partial charge in [0, 0.05) is 43.3 Å². The van der Waals surface area contributed by atoms with Gasteiger partial charge in [-0.15, -0.1) is 0 Å². The topological polar surface area (TPSA) is 78.1 Å². The molecule has 0 aliphatic rings. The Labute approximate surface area is 355 Å². The van der Waals surface area contributed by atoms with Crippen molar-refractivity contribution in [2.45, 2.75) is 6.92 Å². The molecule has 8 aromatic carbocycles. The van der Waals surface area contributed by atoms with Crippen molar-refractivity contribution in [1.29, 1.82) is 0 Å². The van der Waals surface area contributed by atoms with Gasteiger partial charge in [0.1, 0.15) is 33.3 Å². The van der Waals surface area contributed by atoms with E-state index in [-0.39, 0.29) is 0 Å². The molecule has 12 aromatic rings. The summed E-state index contributed by atoms with van der Waals surface area (Å²) in [4.78, 5) is 15.9. The number of hydrogen-bond acceptors (Lipinski definition) is 6. The minimum absolute atomic E-state index is 0.505. The van der Waals surface area contributed by atoms with Gasteiger partial charge in [0.2, 0.25) is 0 Å². The number of benzene rings is 8. The van der Waals surface area contributed by atoms with Crippen LogP contribution >= 0.6 is 0 Å². The molecule has 0 bridgehead atoms. The van der Waals surface area contributed by atoms with Gasteiger partial charge in [-0.25, -0.2) is 15.0 Å². The van der Waals surface area contributed by atoms with E-state index in [9.17, 15) is 0 Å². The van der Waals surface area contributed by atoms with Gasteiger partial charge >= 0.3 is 0 Å². The van der Waals surface area contributed by atoms with E-state index < -0.39 is 0 Å². The first kappa shape index (κ1) is 35.6. The Morgan fingerprint density at radius 1 is 0.452 bits per heavy atom. The van der Waals surface area contributed by atoms with Crippen LogP contribution in [0.2, 0.25) is 0 Å². The number of furan rings is 3. The molecule has 4 heterocycles. The normalized spacial score (nSPS) is 12.7. The number of nitrogens with zero attached hydrogens (tertiary/aromatic N) is 3. The maximum absolute atomic E-state index is 6.56. The Morgan fingerprint density at radius 2 is 1.10 bits per heavy atom. The average molecular weight is 798 g/mol. The predicted octanol–water partition coefficient (Wildman–Crippen LogP) is 13.5. The lowest BCUT2D eigenvalue weighted by molar-refractivity contribution is 0.575. The van der Waals surface area contributed by atoms with Gasteiger partial charge in [-0.2, -0.15) is 0 Å². The predicted molar refractivity (Wildman–Crippen MR) is 253 cm³/mol. The molecule has 0 aliphatic heterocycles. The van der Waals surface area contributed by atoms with Crippen LogP contribution in [0.15, 0.2) is 189 Å². The van der Waals surface area contributed by atoms with E-state index in [4.69, 9.17) is 28.2 Å². The highest BCUT2D eigenvalue weighted by Crippen LogP contribution is 2.41. The lowest BCUT2D eigenvalue weighted by Crippen LogP contribution is -2.18.